The van der Waals surface area contributed by atoms with Gasteiger partial charge in [0.25, 0.3) is 0 Å². The molecule has 1 aromatic heterocycles. The Balaban J connectivity index is 1.73. The number of amides is 2. The van der Waals surface area contributed by atoms with E-state index in [0.29, 0.717) is 17.1 Å². The molecule has 1 aliphatic rings. The van der Waals surface area contributed by atoms with Crippen molar-refractivity contribution in [3.8, 4) is 0 Å². The molecule has 0 fully saturated rings. The summed E-state index contributed by atoms with van der Waals surface area (Å²) in [7, 11) is 0. The molecule has 2 amide bonds. The van der Waals surface area contributed by atoms with Gasteiger partial charge in [-0.2, -0.15) is 0 Å². The Bertz CT molecular complexity index is 1060. The number of carbonyl (C=O) groups excluding carboxylic acids is 2. The SMILES string of the molecule is O=C1CC(C(=O)Nc2ccc(F)c(F)c2F)n2c(nc3ccccc32)N1. The van der Waals surface area contributed by atoms with Crippen LogP contribution in [0.15, 0.2) is 36.4 Å². The molecule has 0 saturated carbocycles. The molecule has 4 rings (SSSR count). The average Bonchev–Trinajstić information content (AvgIpc) is 2.99. The molecule has 2 N–H and O–H groups in total. The van der Waals surface area contributed by atoms with Crippen LogP contribution in [0.4, 0.5) is 24.8 Å². The highest BCUT2D eigenvalue weighted by atomic mass is 19.2. The Kier molecular flexibility index (Phi) is 3.64. The smallest absolute Gasteiger partial charge is 0.248 e. The molecule has 0 spiro atoms. The van der Waals surface area contributed by atoms with Gasteiger partial charge in [0.15, 0.2) is 17.5 Å². The topological polar surface area (TPSA) is 76.0 Å². The van der Waals surface area contributed by atoms with Gasteiger partial charge in [-0.05, 0) is 24.3 Å². The highest BCUT2D eigenvalue weighted by Gasteiger charge is 2.33. The fourth-order valence-corrected chi connectivity index (χ4v) is 2.94. The van der Waals surface area contributed by atoms with Gasteiger partial charge in [-0.1, -0.05) is 12.1 Å². The lowest BCUT2D eigenvalue weighted by Crippen LogP contribution is -2.35. The van der Waals surface area contributed by atoms with E-state index < -0.39 is 41.0 Å². The number of halogens is 3. The maximum atomic E-state index is 13.8. The first-order chi connectivity index (χ1) is 12.5. The third kappa shape index (κ3) is 2.48. The van der Waals surface area contributed by atoms with Gasteiger partial charge in [-0.3, -0.25) is 19.5 Å². The standard InChI is InChI=1S/C17H11F3N4O2/c18-8-5-6-10(15(20)14(8)19)21-16(26)12-7-13(25)23-17-22-9-3-1-2-4-11(9)24(12)17/h1-6,12H,7H2,(H,21,26)(H,22,23,25). The number of fused-ring (bicyclic) bond motifs is 3. The fourth-order valence-electron chi connectivity index (χ4n) is 2.94. The lowest BCUT2D eigenvalue weighted by molar-refractivity contribution is -0.124. The molecule has 0 radical (unpaired) electrons. The number of imidazole rings is 1. The van der Waals surface area contributed by atoms with Gasteiger partial charge in [0, 0.05) is 0 Å². The first-order valence-corrected chi connectivity index (χ1v) is 7.67. The quantitative estimate of drug-likeness (QED) is 0.690. The fraction of sp³-hybridized carbons (Fsp3) is 0.118. The van der Waals surface area contributed by atoms with Crippen LogP contribution in [0.1, 0.15) is 12.5 Å². The molecule has 2 heterocycles. The van der Waals surface area contributed by atoms with Crippen molar-refractivity contribution >= 4 is 34.5 Å². The Hall–Kier alpha value is -3.36. The van der Waals surface area contributed by atoms with Crippen LogP contribution >= 0.6 is 0 Å². The lowest BCUT2D eigenvalue weighted by Gasteiger charge is -2.25. The van der Waals surface area contributed by atoms with E-state index in [4.69, 9.17) is 0 Å². The van der Waals surface area contributed by atoms with Crippen molar-refractivity contribution in [2.45, 2.75) is 12.5 Å². The molecular weight excluding hydrogens is 349 g/mol. The van der Waals surface area contributed by atoms with Gasteiger partial charge < -0.3 is 5.32 Å². The van der Waals surface area contributed by atoms with Gasteiger partial charge in [0.2, 0.25) is 17.8 Å². The third-order valence-electron chi connectivity index (χ3n) is 4.13. The van der Waals surface area contributed by atoms with Gasteiger partial charge in [0.05, 0.1) is 23.1 Å². The van der Waals surface area contributed by atoms with Crippen molar-refractivity contribution in [2.75, 3.05) is 10.6 Å². The summed E-state index contributed by atoms with van der Waals surface area (Å²) in [5.41, 5.74) is 0.667. The number of carbonyl (C=O) groups is 2. The number of benzene rings is 2. The summed E-state index contributed by atoms with van der Waals surface area (Å²) in [6.07, 6.45) is -0.204. The second-order valence-corrected chi connectivity index (χ2v) is 5.77. The van der Waals surface area contributed by atoms with Crippen LogP contribution in [0.5, 0.6) is 0 Å². The maximum absolute atomic E-state index is 13.8. The Morgan fingerprint density at radius 1 is 1.15 bits per heavy atom. The largest absolute Gasteiger partial charge is 0.322 e. The van der Waals surface area contributed by atoms with Gasteiger partial charge in [-0.25, -0.2) is 18.2 Å². The van der Waals surface area contributed by atoms with E-state index in [2.05, 4.69) is 15.6 Å². The average molecular weight is 360 g/mol. The molecule has 0 aliphatic carbocycles. The van der Waals surface area contributed by atoms with E-state index in [1.807, 2.05) is 0 Å². The molecule has 1 aliphatic heterocycles. The number of para-hydroxylation sites is 2. The number of anilines is 2. The van der Waals surface area contributed by atoms with Crippen LogP contribution in [0, 0.1) is 17.5 Å². The van der Waals surface area contributed by atoms with Crippen molar-refractivity contribution in [2.24, 2.45) is 0 Å². The van der Waals surface area contributed by atoms with Crippen LogP contribution in [0.25, 0.3) is 11.0 Å². The van der Waals surface area contributed by atoms with Crippen LogP contribution < -0.4 is 10.6 Å². The second-order valence-electron chi connectivity index (χ2n) is 5.77. The van der Waals surface area contributed by atoms with Crippen LogP contribution in [0.2, 0.25) is 0 Å². The molecule has 1 unspecified atom stereocenters. The normalized spacial score (nSPS) is 16.3. The third-order valence-corrected chi connectivity index (χ3v) is 4.13. The number of hydrogen-bond donors (Lipinski definition) is 2. The lowest BCUT2D eigenvalue weighted by atomic mass is 10.1. The Labute approximate surface area is 144 Å². The number of aromatic nitrogens is 2. The molecule has 132 valence electrons. The summed E-state index contributed by atoms with van der Waals surface area (Å²) in [4.78, 5) is 28.8. The Morgan fingerprint density at radius 2 is 1.92 bits per heavy atom. The van der Waals surface area contributed by atoms with Gasteiger partial charge in [-0.15, -0.1) is 0 Å². The summed E-state index contributed by atoms with van der Waals surface area (Å²) in [6.45, 7) is 0. The van der Waals surface area contributed by atoms with E-state index in [1.54, 1.807) is 24.3 Å². The van der Waals surface area contributed by atoms with Crippen LogP contribution in [0.3, 0.4) is 0 Å². The molecule has 26 heavy (non-hydrogen) atoms. The molecular formula is C17H11F3N4O2. The molecule has 9 heteroatoms. The predicted octanol–water partition coefficient (Wildman–Crippen LogP) is 2.98. The maximum Gasteiger partial charge on any atom is 0.248 e. The zero-order chi connectivity index (χ0) is 18.4. The number of rotatable bonds is 2. The zero-order valence-electron chi connectivity index (χ0n) is 13.1. The summed E-state index contributed by atoms with van der Waals surface area (Å²) < 4.78 is 41.7. The van der Waals surface area contributed by atoms with E-state index in [1.165, 1.54) is 4.57 Å². The first kappa shape index (κ1) is 16.1. The van der Waals surface area contributed by atoms with Gasteiger partial charge in [0.1, 0.15) is 6.04 Å². The highest BCUT2D eigenvalue weighted by molar-refractivity contribution is 6.03. The monoisotopic (exact) mass is 360 g/mol. The Morgan fingerprint density at radius 3 is 2.73 bits per heavy atom. The summed E-state index contributed by atoms with van der Waals surface area (Å²) >= 11 is 0. The minimum atomic E-state index is -1.68. The molecule has 6 nitrogen and oxygen atoms in total. The first-order valence-electron chi connectivity index (χ1n) is 7.67. The van der Waals surface area contributed by atoms with Crippen LogP contribution in [-0.2, 0) is 9.59 Å². The van der Waals surface area contributed by atoms with E-state index in [9.17, 15) is 22.8 Å². The highest BCUT2D eigenvalue weighted by Crippen LogP contribution is 2.31. The van der Waals surface area contributed by atoms with E-state index >= 15 is 0 Å². The van der Waals surface area contributed by atoms with E-state index in [0.717, 1.165) is 6.07 Å². The number of nitrogens with zero attached hydrogens (tertiary/aromatic N) is 2. The minimum Gasteiger partial charge on any atom is -0.322 e. The van der Waals surface area contributed by atoms with Crippen molar-refractivity contribution < 1.29 is 22.8 Å². The zero-order valence-corrected chi connectivity index (χ0v) is 13.1. The molecule has 1 atom stereocenters. The van der Waals surface area contributed by atoms with E-state index in [-0.39, 0.29) is 12.4 Å². The van der Waals surface area contributed by atoms with Crippen molar-refractivity contribution in [3.63, 3.8) is 0 Å². The van der Waals surface area contributed by atoms with Crippen molar-refractivity contribution in [3.05, 3.63) is 53.8 Å². The number of hydrogen-bond acceptors (Lipinski definition) is 3. The molecule has 0 saturated heterocycles. The molecule has 2 aromatic carbocycles. The molecule has 0 bridgehead atoms. The predicted molar refractivity (Wildman–Crippen MR) is 87.0 cm³/mol. The number of nitrogens with one attached hydrogen (secondary N) is 2. The second kappa shape index (κ2) is 5.87. The summed E-state index contributed by atoms with van der Waals surface area (Å²) in [6, 6.07) is 7.56. The summed E-state index contributed by atoms with van der Waals surface area (Å²) in [5.74, 6) is -5.53. The summed E-state index contributed by atoms with van der Waals surface area (Å²) in [5, 5.41) is 4.79. The van der Waals surface area contributed by atoms with Crippen molar-refractivity contribution in [1.29, 1.82) is 0 Å². The minimum absolute atomic E-state index is 0.188. The molecule has 3 aromatic rings. The van der Waals surface area contributed by atoms with Crippen LogP contribution in [-0.4, -0.2) is 21.4 Å². The van der Waals surface area contributed by atoms with Gasteiger partial charge >= 0.3 is 0 Å². The van der Waals surface area contributed by atoms with Crippen molar-refractivity contribution in [1.82, 2.24) is 9.55 Å².